The van der Waals surface area contributed by atoms with Crippen molar-refractivity contribution in [3.8, 4) is 0 Å². The number of carbonyl (C=O) groups is 1. The number of alkyl halides is 3. The quantitative estimate of drug-likeness (QED) is 0.901. The third-order valence-electron chi connectivity index (χ3n) is 2.87. The maximum absolute atomic E-state index is 12.4. The van der Waals surface area contributed by atoms with Crippen LogP contribution in [0.3, 0.4) is 0 Å². The minimum Gasteiger partial charge on any atom is -0.345 e. The van der Waals surface area contributed by atoms with Gasteiger partial charge in [0.05, 0.1) is 17.2 Å². The second-order valence-electron chi connectivity index (χ2n) is 4.33. The van der Waals surface area contributed by atoms with Crippen molar-refractivity contribution in [2.45, 2.75) is 19.1 Å². The number of hydrogen-bond donors (Lipinski definition) is 1. The number of thiophene rings is 1. The van der Waals surface area contributed by atoms with E-state index in [1.54, 1.807) is 23.8 Å². The van der Waals surface area contributed by atoms with Crippen molar-refractivity contribution in [1.29, 1.82) is 0 Å². The average Bonchev–Trinajstić information content (AvgIpc) is 2.91. The molecule has 1 amide bonds. The molecule has 0 radical (unpaired) electrons. The number of halogens is 3. The first-order valence-corrected chi connectivity index (χ1v) is 6.82. The van der Waals surface area contributed by atoms with Gasteiger partial charge >= 0.3 is 6.18 Å². The Morgan fingerprint density at radius 3 is 2.35 bits per heavy atom. The van der Waals surface area contributed by atoms with Crippen molar-refractivity contribution in [2.24, 2.45) is 0 Å². The van der Waals surface area contributed by atoms with Gasteiger partial charge in [-0.2, -0.15) is 24.5 Å². The first kappa shape index (κ1) is 14.6. The molecule has 0 aliphatic carbocycles. The highest BCUT2D eigenvalue weighted by Gasteiger charge is 2.30. The van der Waals surface area contributed by atoms with Crippen molar-refractivity contribution >= 4 is 17.2 Å². The monoisotopic (exact) mass is 299 g/mol. The summed E-state index contributed by atoms with van der Waals surface area (Å²) < 4.78 is 37.3. The highest BCUT2D eigenvalue weighted by atomic mass is 32.1. The van der Waals surface area contributed by atoms with Crippen molar-refractivity contribution in [3.63, 3.8) is 0 Å². The minimum atomic E-state index is -4.35. The van der Waals surface area contributed by atoms with Crippen LogP contribution in [0.5, 0.6) is 0 Å². The van der Waals surface area contributed by atoms with Crippen LogP contribution in [0, 0.1) is 0 Å². The van der Waals surface area contributed by atoms with Gasteiger partial charge in [0.25, 0.3) is 5.91 Å². The molecule has 2 aromatic rings. The van der Waals surface area contributed by atoms with Gasteiger partial charge in [-0.25, -0.2) is 0 Å². The van der Waals surface area contributed by atoms with E-state index in [4.69, 9.17) is 0 Å². The Morgan fingerprint density at radius 2 is 1.85 bits per heavy atom. The second kappa shape index (κ2) is 5.66. The van der Waals surface area contributed by atoms with Crippen LogP contribution < -0.4 is 5.32 Å². The van der Waals surface area contributed by atoms with Crippen LogP contribution in [0.2, 0.25) is 0 Å². The molecule has 0 saturated carbocycles. The van der Waals surface area contributed by atoms with E-state index >= 15 is 0 Å². The van der Waals surface area contributed by atoms with E-state index in [9.17, 15) is 18.0 Å². The van der Waals surface area contributed by atoms with Crippen LogP contribution in [0.15, 0.2) is 41.1 Å². The molecule has 0 fully saturated rings. The lowest BCUT2D eigenvalue weighted by atomic mass is 10.1. The van der Waals surface area contributed by atoms with Gasteiger partial charge in [-0.15, -0.1) is 0 Å². The van der Waals surface area contributed by atoms with Gasteiger partial charge in [0.2, 0.25) is 0 Å². The molecule has 1 unspecified atom stereocenters. The summed E-state index contributed by atoms with van der Waals surface area (Å²) in [5, 5.41) is 6.25. The zero-order valence-electron chi connectivity index (χ0n) is 10.6. The third-order valence-corrected chi connectivity index (χ3v) is 3.55. The summed E-state index contributed by atoms with van der Waals surface area (Å²) in [4.78, 5) is 11.8. The van der Waals surface area contributed by atoms with E-state index in [1.807, 2.05) is 0 Å². The Morgan fingerprint density at radius 1 is 1.20 bits per heavy atom. The molecular weight excluding hydrogens is 287 g/mol. The smallest absolute Gasteiger partial charge is 0.345 e. The molecule has 0 aliphatic heterocycles. The maximum atomic E-state index is 12.4. The van der Waals surface area contributed by atoms with Crippen molar-refractivity contribution < 1.29 is 18.0 Å². The highest BCUT2D eigenvalue weighted by molar-refractivity contribution is 7.08. The van der Waals surface area contributed by atoms with Gasteiger partial charge in [-0.3, -0.25) is 4.79 Å². The highest BCUT2D eigenvalue weighted by Crippen LogP contribution is 2.29. The van der Waals surface area contributed by atoms with Gasteiger partial charge in [-0.05, 0) is 36.1 Å². The predicted molar refractivity (Wildman–Crippen MR) is 71.6 cm³/mol. The normalized spacial score (nSPS) is 13.0. The molecule has 106 valence electrons. The molecule has 1 heterocycles. The molecule has 2 nitrogen and oxygen atoms in total. The molecule has 0 saturated heterocycles. The molecule has 1 aromatic heterocycles. The van der Waals surface area contributed by atoms with E-state index in [0.29, 0.717) is 11.1 Å². The minimum absolute atomic E-state index is 0.237. The second-order valence-corrected chi connectivity index (χ2v) is 5.11. The third kappa shape index (κ3) is 3.39. The first-order valence-electron chi connectivity index (χ1n) is 5.88. The summed E-state index contributed by atoms with van der Waals surface area (Å²) in [6.45, 7) is 1.73. The molecule has 6 heteroatoms. The summed E-state index contributed by atoms with van der Waals surface area (Å²) in [7, 11) is 0. The number of nitrogens with one attached hydrogen (secondary N) is 1. The number of hydrogen-bond acceptors (Lipinski definition) is 2. The fourth-order valence-corrected chi connectivity index (χ4v) is 2.35. The van der Waals surface area contributed by atoms with Gasteiger partial charge in [0.15, 0.2) is 0 Å². The maximum Gasteiger partial charge on any atom is 0.416 e. The Labute approximate surface area is 118 Å². The molecule has 20 heavy (non-hydrogen) atoms. The molecule has 1 atom stereocenters. The zero-order chi connectivity index (χ0) is 14.8. The van der Waals surface area contributed by atoms with Crippen LogP contribution in [0.1, 0.15) is 34.5 Å². The van der Waals surface area contributed by atoms with Gasteiger partial charge < -0.3 is 5.32 Å². The Bertz CT molecular complexity index is 575. The molecular formula is C14H12F3NOS. The summed E-state index contributed by atoms with van der Waals surface area (Å²) in [5.74, 6) is -0.237. The number of benzene rings is 1. The van der Waals surface area contributed by atoms with Crippen LogP contribution in [0.4, 0.5) is 13.2 Å². The van der Waals surface area contributed by atoms with Crippen LogP contribution in [-0.4, -0.2) is 5.91 Å². The Balaban J connectivity index is 2.06. The van der Waals surface area contributed by atoms with E-state index < -0.39 is 11.7 Å². The van der Waals surface area contributed by atoms with Gasteiger partial charge in [0, 0.05) is 5.38 Å². The van der Waals surface area contributed by atoms with Gasteiger partial charge in [0.1, 0.15) is 0 Å². The zero-order valence-corrected chi connectivity index (χ0v) is 11.4. The van der Waals surface area contributed by atoms with Crippen molar-refractivity contribution in [3.05, 3.63) is 57.8 Å². The van der Waals surface area contributed by atoms with Crippen LogP contribution >= 0.6 is 11.3 Å². The van der Waals surface area contributed by atoms with Crippen LogP contribution in [-0.2, 0) is 6.18 Å². The fourth-order valence-electron chi connectivity index (χ4n) is 1.72. The van der Waals surface area contributed by atoms with E-state index in [-0.39, 0.29) is 11.9 Å². The first-order chi connectivity index (χ1) is 9.38. The average molecular weight is 299 g/mol. The van der Waals surface area contributed by atoms with E-state index in [0.717, 1.165) is 12.1 Å². The summed E-state index contributed by atoms with van der Waals surface area (Å²) in [6.07, 6.45) is -4.35. The van der Waals surface area contributed by atoms with E-state index in [1.165, 1.54) is 23.5 Å². The van der Waals surface area contributed by atoms with Crippen molar-refractivity contribution in [2.75, 3.05) is 0 Å². The molecule has 0 bridgehead atoms. The summed E-state index contributed by atoms with van der Waals surface area (Å²) in [5.41, 5.74) is 0.480. The lowest BCUT2D eigenvalue weighted by molar-refractivity contribution is -0.137. The lowest BCUT2D eigenvalue weighted by Gasteiger charge is -2.15. The molecule has 2 rings (SSSR count). The standard InChI is InChI=1S/C14H12F3NOS/c1-9(18-13(19)11-6-7-20-8-11)10-2-4-12(5-3-10)14(15,16)17/h2-9H,1H3,(H,18,19). The SMILES string of the molecule is CC(NC(=O)c1ccsc1)c1ccc(C(F)(F)F)cc1. The molecule has 1 N–H and O–H groups in total. The largest absolute Gasteiger partial charge is 0.416 e. The van der Waals surface area contributed by atoms with Crippen molar-refractivity contribution in [1.82, 2.24) is 5.32 Å². The summed E-state index contributed by atoms with van der Waals surface area (Å²) >= 11 is 1.41. The predicted octanol–water partition coefficient (Wildman–Crippen LogP) is 4.26. The Kier molecular flexibility index (Phi) is 4.13. The Hall–Kier alpha value is -1.82. The lowest BCUT2D eigenvalue weighted by Crippen LogP contribution is -2.26. The van der Waals surface area contributed by atoms with Crippen LogP contribution in [0.25, 0.3) is 0 Å². The van der Waals surface area contributed by atoms with E-state index in [2.05, 4.69) is 5.32 Å². The summed E-state index contributed by atoms with van der Waals surface area (Å²) in [6, 6.07) is 6.12. The number of amides is 1. The topological polar surface area (TPSA) is 29.1 Å². The number of carbonyl (C=O) groups excluding carboxylic acids is 1. The fraction of sp³-hybridized carbons (Fsp3) is 0.214. The van der Waals surface area contributed by atoms with Gasteiger partial charge in [-0.1, -0.05) is 12.1 Å². The molecule has 1 aromatic carbocycles. The molecule has 0 spiro atoms. The number of rotatable bonds is 3. The molecule has 0 aliphatic rings.